The standard InChI is InChI=1S/C39H47FN8O5S/c1-24-10-9-11-25(2)47(24)38-44-43-35-17-14-29(22-46(35)38)53-33-16-15-32(30-12-7-8-13-31(30)33)41-37(49)42-36-21-34(39(3,4)5)45-48(36)28-19-26(18-27(40)20-28)23-52-54(6,50)51/h7-8,12-14,17-22,24-25,32-33H,9-11,15-16,23H2,1-6H3,(H2,41,42,49)/t24-,25+,32?,33?. The van der Waals surface area contributed by atoms with Gasteiger partial charge in [-0.3, -0.25) is 13.9 Å². The van der Waals surface area contributed by atoms with Gasteiger partial charge in [0.25, 0.3) is 10.1 Å². The molecule has 1 aliphatic carbocycles. The molecule has 4 heterocycles. The van der Waals surface area contributed by atoms with E-state index in [2.05, 4.69) is 39.6 Å². The second-order valence-electron chi connectivity index (χ2n) is 15.5. The van der Waals surface area contributed by atoms with E-state index in [-0.39, 0.29) is 18.8 Å². The van der Waals surface area contributed by atoms with Crippen LogP contribution in [0.2, 0.25) is 0 Å². The van der Waals surface area contributed by atoms with Crippen molar-refractivity contribution in [2.75, 3.05) is 16.5 Å². The van der Waals surface area contributed by atoms with Crippen molar-refractivity contribution in [2.45, 2.75) is 103 Å². The topological polar surface area (TPSA) is 145 Å². The largest absolute Gasteiger partial charge is 0.484 e. The Labute approximate surface area is 315 Å². The average molecular weight is 759 g/mol. The summed E-state index contributed by atoms with van der Waals surface area (Å²) in [5.74, 6) is 1.24. The minimum atomic E-state index is -3.75. The highest BCUT2D eigenvalue weighted by molar-refractivity contribution is 7.85. The summed E-state index contributed by atoms with van der Waals surface area (Å²) in [5, 5.41) is 19.8. The SMILES string of the molecule is C[C@@H]1CCC[C@H](C)N1c1nnc2ccc(OC3CCC(NC(=O)Nc4cc(C(C)(C)C)nn4-c4cc(F)cc(COS(C)(=O)=O)c4)c4ccccc43)cn12. The van der Waals surface area contributed by atoms with Crippen molar-refractivity contribution in [3.63, 3.8) is 0 Å². The van der Waals surface area contributed by atoms with Crippen molar-refractivity contribution in [1.29, 1.82) is 0 Å². The van der Waals surface area contributed by atoms with E-state index in [1.165, 1.54) is 23.2 Å². The number of halogens is 1. The van der Waals surface area contributed by atoms with Gasteiger partial charge in [0, 0.05) is 23.6 Å². The van der Waals surface area contributed by atoms with Crippen molar-refractivity contribution >= 4 is 33.6 Å². The summed E-state index contributed by atoms with van der Waals surface area (Å²) in [6.07, 6.45) is 7.37. The molecule has 54 heavy (non-hydrogen) atoms. The predicted molar refractivity (Wildman–Crippen MR) is 204 cm³/mol. The zero-order chi connectivity index (χ0) is 38.4. The first-order valence-electron chi connectivity index (χ1n) is 18.3. The summed E-state index contributed by atoms with van der Waals surface area (Å²) in [4.78, 5) is 16.0. The number of fused-ring (bicyclic) bond motifs is 2. The molecule has 0 bridgehead atoms. The fourth-order valence-corrected chi connectivity index (χ4v) is 7.82. The van der Waals surface area contributed by atoms with Crippen LogP contribution in [0, 0.1) is 5.82 Å². The van der Waals surface area contributed by atoms with Crippen molar-refractivity contribution in [3.05, 3.63) is 95.1 Å². The van der Waals surface area contributed by atoms with E-state index in [4.69, 9.17) is 14.0 Å². The van der Waals surface area contributed by atoms with Crippen LogP contribution in [0.3, 0.4) is 0 Å². The predicted octanol–water partition coefficient (Wildman–Crippen LogP) is 7.37. The van der Waals surface area contributed by atoms with Gasteiger partial charge in [0.05, 0.1) is 36.5 Å². The van der Waals surface area contributed by atoms with E-state index >= 15 is 0 Å². The van der Waals surface area contributed by atoms with Gasteiger partial charge >= 0.3 is 6.03 Å². The molecule has 1 saturated heterocycles. The van der Waals surface area contributed by atoms with Crippen molar-refractivity contribution in [3.8, 4) is 11.4 Å². The molecule has 4 atom stereocenters. The Morgan fingerprint density at radius 1 is 0.963 bits per heavy atom. The fraction of sp³-hybridized carbons (Fsp3) is 0.436. The van der Waals surface area contributed by atoms with E-state index < -0.39 is 27.4 Å². The third kappa shape index (κ3) is 8.06. The summed E-state index contributed by atoms with van der Waals surface area (Å²) in [7, 11) is -3.75. The number of anilines is 2. The lowest BCUT2D eigenvalue weighted by Gasteiger charge is -2.39. The number of aromatic nitrogens is 5. The Kier molecular flexibility index (Phi) is 10.1. The number of benzene rings is 2. The van der Waals surface area contributed by atoms with Gasteiger partial charge in [-0.15, -0.1) is 10.2 Å². The molecule has 7 rings (SSSR count). The number of carbonyl (C=O) groups is 1. The number of rotatable bonds is 9. The number of piperidine rings is 1. The van der Waals surface area contributed by atoms with Gasteiger partial charge in [0.1, 0.15) is 23.5 Å². The van der Waals surface area contributed by atoms with Crippen molar-refractivity contribution in [1.82, 2.24) is 29.7 Å². The minimum absolute atomic E-state index is 0.239. The molecule has 2 N–H and O–H groups in total. The third-order valence-corrected chi connectivity index (χ3v) is 10.7. The van der Waals surface area contributed by atoms with E-state index in [9.17, 15) is 17.6 Å². The van der Waals surface area contributed by atoms with Crippen molar-refractivity contribution in [2.24, 2.45) is 0 Å². The first-order chi connectivity index (χ1) is 25.6. The quantitative estimate of drug-likeness (QED) is 0.147. The smallest absolute Gasteiger partial charge is 0.320 e. The number of amides is 2. The first-order valence-corrected chi connectivity index (χ1v) is 20.2. The summed E-state index contributed by atoms with van der Waals surface area (Å²) in [6.45, 7) is 10.1. The number of nitrogens with zero attached hydrogens (tertiary/aromatic N) is 6. The van der Waals surface area contributed by atoms with Crippen LogP contribution in [-0.4, -0.2) is 57.2 Å². The Morgan fingerprint density at radius 3 is 2.43 bits per heavy atom. The van der Waals surface area contributed by atoms with Gasteiger partial charge in [-0.2, -0.15) is 13.5 Å². The molecule has 2 aliphatic rings. The van der Waals surface area contributed by atoms with Gasteiger partial charge in [-0.25, -0.2) is 13.9 Å². The summed E-state index contributed by atoms with van der Waals surface area (Å²) >= 11 is 0. The van der Waals surface area contributed by atoms with Crippen LogP contribution in [0.4, 0.5) is 21.0 Å². The molecule has 1 fully saturated rings. The van der Waals surface area contributed by atoms with Gasteiger partial charge < -0.3 is 15.0 Å². The molecule has 2 aromatic carbocycles. The Bertz CT molecular complexity index is 2270. The van der Waals surface area contributed by atoms with Crippen LogP contribution in [-0.2, 0) is 26.3 Å². The number of hydrogen-bond donors (Lipinski definition) is 2. The van der Waals surface area contributed by atoms with Gasteiger partial charge in [-0.05, 0) is 93.0 Å². The monoisotopic (exact) mass is 758 g/mol. The Morgan fingerprint density at radius 2 is 1.70 bits per heavy atom. The molecule has 0 radical (unpaired) electrons. The van der Waals surface area contributed by atoms with E-state index in [0.29, 0.717) is 53.4 Å². The first kappa shape index (κ1) is 37.3. The maximum Gasteiger partial charge on any atom is 0.320 e. The van der Waals surface area contributed by atoms with E-state index in [1.54, 1.807) is 12.1 Å². The number of urea groups is 1. The summed E-state index contributed by atoms with van der Waals surface area (Å²) in [6, 6.07) is 17.6. The summed E-state index contributed by atoms with van der Waals surface area (Å²) in [5.41, 5.74) is 3.56. The maximum absolute atomic E-state index is 14.8. The Hall–Kier alpha value is -5.02. The lowest BCUT2D eigenvalue weighted by molar-refractivity contribution is 0.171. The number of hydrogen-bond acceptors (Lipinski definition) is 9. The highest BCUT2D eigenvalue weighted by Gasteiger charge is 2.32. The van der Waals surface area contributed by atoms with Crippen LogP contribution in [0.1, 0.15) is 101 Å². The molecule has 15 heteroatoms. The molecular weight excluding hydrogens is 712 g/mol. The molecule has 0 saturated carbocycles. The zero-order valence-electron chi connectivity index (χ0n) is 31.4. The fourth-order valence-electron chi connectivity index (χ4n) is 7.47. The maximum atomic E-state index is 14.8. The number of ether oxygens (including phenoxy) is 1. The van der Waals surface area contributed by atoms with Crippen LogP contribution in [0.5, 0.6) is 5.75 Å². The molecule has 1 aliphatic heterocycles. The lowest BCUT2D eigenvalue weighted by Crippen LogP contribution is -2.44. The second kappa shape index (κ2) is 14.7. The lowest BCUT2D eigenvalue weighted by atomic mass is 9.85. The zero-order valence-corrected chi connectivity index (χ0v) is 32.2. The normalized spacial score (nSPS) is 20.5. The molecule has 286 valence electrons. The molecule has 3 aromatic heterocycles. The molecule has 0 spiro atoms. The van der Waals surface area contributed by atoms with Crippen molar-refractivity contribution < 1.29 is 26.5 Å². The van der Waals surface area contributed by atoms with Crippen LogP contribution in [0.25, 0.3) is 11.3 Å². The van der Waals surface area contributed by atoms with Crippen LogP contribution >= 0.6 is 0 Å². The van der Waals surface area contributed by atoms with E-state index in [1.807, 2.05) is 67.8 Å². The highest BCUT2D eigenvalue weighted by Crippen LogP contribution is 2.39. The number of pyridine rings is 1. The second-order valence-corrected chi connectivity index (χ2v) is 17.1. The third-order valence-electron chi connectivity index (χ3n) is 10.1. The highest BCUT2D eigenvalue weighted by atomic mass is 32.2. The summed E-state index contributed by atoms with van der Waals surface area (Å²) < 4.78 is 53.0. The average Bonchev–Trinajstić information content (AvgIpc) is 3.72. The molecular formula is C39H47FN8O5S. The van der Waals surface area contributed by atoms with Crippen LogP contribution < -0.4 is 20.3 Å². The number of carbonyl (C=O) groups excluding carboxylic acids is 1. The van der Waals surface area contributed by atoms with Gasteiger partial charge in [-0.1, -0.05) is 45.0 Å². The number of nitrogens with one attached hydrogen (secondary N) is 2. The molecule has 13 nitrogen and oxygen atoms in total. The van der Waals surface area contributed by atoms with Crippen LogP contribution in [0.15, 0.2) is 66.9 Å². The molecule has 2 amide bonds. The Balaban J connectivity index is 1.10. The van der Waals surface area contributed by atoms with Gasteiger partial charge in [0.15, 0.2) is 5.65 Å². The van der Waals surface area contributed by atoms with E-state index in [0.717, 1.165) is 41.8 Å². The molecule has 5 aromatic rings. The minimum Gasteiger partial charge on any atom is -0.484 e. The molecule has 2 unspecified atom stereocenters. The van der Waals surface area contributed by atoms with Gasteiger partial charge in [0.2, 0.25) is 5.95 Å².